The normalized spacial score (nSPS) is 17.5. The maximum Gasteiger partial charge on any atom is 0.100 e. The highest BCUT2D eigenvalue weighted by Crippen LogP contribution is 2.13. The van der Waals surface area contributed by atoms with Gasteiger partial charge < -0.3 is 4.74 Å². The molecule has 0 radical (unpaired) electrons. The number of hydrazine groups is 1. The summed E-state index contributed by atoms with van der Waals surface area (Å²) >= 11 is 1.62. The zero-order valence-corrected chi connectivity index (χ0v) is 9.22. The smallest absolute Gasteiger partial charge is 0.100 e. The van der Waals surface area contributed by atoms with E-state index >= 15 is 0 Å². The minimum atomic E-state index is 0.749. The van der Waals surface area contributed by atoms with Gasteiger partial charge in [0.2, 0.25) is 0 Å². The fraction of sp³-hybridized carbons (Fsp3) is 0.500. The summed E-state index contributed by atoms with van der Waals surface area (Å²) in [4.78, 5) is 1.19. The number of nitrogens with one attached hydrogen (secondary N) is 1. The summed E-state index contributed by atoms with van der Waals surface area (Å²) in [5, 5.41) is 12.7. The molecule has 5 heteroatoms. The molecule has 2 heterocycles. The molecule has 1 fully saturated rings. The highest BCUT2D eigenvalue weighted by Gasteiger charge is 2.09. The molecule has 0 saturated carbocycles. The number of thiophene rings is 1. The lowest BCUT2D eigenvalue weighted by atomic mass is 10.3. The standard InChI is InChI=1S/C10H13N3OS/c11-6-9-5-10(15-8-9)7-12-13-1-3-14-4-2-13/h5,8,12H,1-4,7H2. The molecule has 0 aromatic carbocycles. The highest BCUT2D eigenvalue weighted by molar-refractivity contribution is 7.10. The first kappa shape index (κ1) is 10.6. The van der Waals surface area contributed by atoms with Crippen molar-refractivity contribution in [1.29, 1.82) is 5.26 Å². The second-order valence-electron chi connectivity index (χ2n) is 3.35. The molecule has 80 valence electrons. The molecular formula is C10H13N3OS. The van der Waals surface area contributed by atoms with Crippen LogP contribution in [0.3, 0.4) is 0 Å². The molecular weight excluding hydrogens is 210 g/mol. The monoisotopic (exact) mass is 223 g/mol. The first-order valence-corrected chi connectivity index (χ1v) is 5.80. The third-order valence-electron chi connectivity index (χ3n) is 2.27. The SMILES string of the molecule is N#Cc1csc(CNN2CCOCC2)c1. The number of hydrogen-bond acceptors (Lipinski definition) is 5. The Morgan fingerprint density at radius 2 is 2.33 bits per heavy atom. The van der Waals surface area contributed by atoms with Crippen molar-refractivity contribution < 1.29 is 4.74 Å². The van der Waals surface area contributed by atoms with Gasteiger partial charge in [-0.05, 0) is 6.07 Å². The lowest BCUT2D eigenvalue weighted by Gasteiger charge is -2.26. The second kappa shape index (κ2) is 5.24. The van der Waals surface area contributed by atoms with Crippen LogP contribution in [-0.4, -0.2) is 31.3 Å². The van der Waals surface area contributed by atoms with E-state index in [1.807, 2.05) is 11.4 Å². The predicted molar refractivity (Wildman–Crippen MR) is 58.3 cm³/mol. The van der Waals surface area contributed by atoms with Crippen LogP contribution in [-0.2, 0) is 11.3 Å². The third kappa shape index (κ3) is 3.01. The van der Waals surface area contributed by atoms with Gasteiger partial charge in [-0.1, -0.05) is 0 Å². The summed E-state index contributed by atoms with van der Waals surface area (Å²) in [7, 11) is 0. The van der Waals surface area contributed by atoms with Gasteiger partial charge in [0.05, 0.1) is 18.8 Å². The van der Waals surface area contributed by atoms with Crippen LogP contribution in [0.2, 0.25) is 0 Å². The van der Waals surface area contributed by atoms with Gasteiger partial charge in [0.1, 0.15) is 6.07 Å². The van der Waals surface area contributed by atoms with E-state index in [9.17, 15) is 0 Å². The van der Waals surface area contributed by atoms with E-state index in [1.165, 1.54) is 4.88 Å². The fourth-order valence-electron chi connectivity index (χ4n) is 1.44. The van der Waals surface area contributed by atoms with E-state index in [-0.39, 0.29) is 0 Å². The molecule has 0 atom stereocenters. The molecule has 0 amide bonds. The van der Waals surface area contributed by atoms with Gasteiger partial charge in [0.25, 0.3) is 0 Å². The summed E-state index contributed by atoms with van der Waals surface area (Å²) in [5.41, 5.74) is 4.08. The van der Waals surface area contributed by atoms with Gasteiger partial charge in [0, 0.05) is 29.9 Å². The van der Waals surface area contributed by atoms with Gasteiger partial charge in [0.15, 0.2) is 0 Å². The van der Waals surface area contributed by atoms with Crippen LogP contribution in [0, 0.1) is 11.3 Å². The zero-order chi connectivity index (χ0) is 10.5. The maximum atomic E-state index is 8.68. The molecule has 0 spiro atoms. The molecule has 4 nitrogen and oxygen atoms in total. The Balaban J connectivity index is 1.79. The largest absolute Gasteiger partial charge is 0.379 e. The van der Waals surface area contributed by atoms with E-state index in [0.29, 0.717) is 0 Å². The Bertz CT molecular complexity index is 352. The average Bonchev–Trinajstić information content (AvgIpc) is 2.76. The van der Waals surface area contributed by atoms with E-state index in [4.69, 9.17) is 10.00 Å². The Kier molecular flexibility index (Phi) is 3.69. The molecule has 1 aromatic heterocycles. The van der Waals surface area contributed by atoms with Crippen molar-refractivity contribution in [1.82, 2.24) is 10.4 Å². The minimum Gasteiger partial charge on any atom is -0.379 e. The number of nitrogens with zero attached hydrogens (tertiary/aromatic N) is 2. The fourth-order valence-corrected chi connectivity index (χ4v) is 2.19. The molecule has 2 rings (SSSR count). The molecule has 15 heavy (non-hydrogen) atoms. The molecule has 0 aliphatic carbocycles. The van der Waals surface area contributed by atoms with Crippen LogP contribution >= 0.6 is 11.3 Å². The Morgan fingerprint density at radius 3 is 3.00 bits per heavy atom. The third-order valence-corrected chi connectivity index (χ3v) is 3.21. The number of hydrogen-bond donors (Lipinski definition) is 1. The minimum absolute atomic E-state index is 0.749. The quantitative estimate of drug-likeness (QED) is 0.829. The summed E-state index contributed by atoms with van der Waals surface area (Å²) in [6.45, 7) is 4.24. The van der Waals surface area contributed by atoms with Crippen molar-refractivity contribution in [3.8, 4) is 6.07 Å². The number of ether oxygens (including phenoxy) is 1. The van der Waals surface area contributed by atoms with Crippen molar-refractivity contribution in [2.45, 2.75) is 6.54 Å². The molecule has 1 N–H and O–H groups in total. The molecule has 1 saturated heterocycles. The van der Waals surface area contributed by atoms with Gasteiger partial charge in [-0.25, -0.2) is 10.4 Å². The van der Waals surface area contributed by atoms with Crippen LogP contribution in [0.15, 0.2) is 11.4 Å². The Hall–Kier alpha value is -0.930. The first-order valence-electron chi connectivity index (χ1n) is 4.92. The second-order valence-corrected chi connectivity index (χ2v) is 4.34. The molecule has 1 aromatic rings. The zero-order valence-electron chi connectivity index (χ0n) is 8.40. The topological polar surface area (TPSA) is 48.3 Å². The Labute approximate surface area is 93.0 Å². The van der Waals surface area contributed by atoms with E-state index in [1.54, 1.807) is 11.3 Å². The number of nitriles is 1. The summed E-state index contributed by atoms with van der Waals surface area (Å²) < 4.78 is 5.25. The molecule has 0 bridgehead atoms. The summed E-state index contributed by atoms with van der Waals surface area (Å²) in [6.07, 6.45) is 0. The first-order chi connectivity index (χ1) is 7.38. The van der Waals surface area contributed by atoms with Crippen LogP contribution in [0.4, 0.5) is 0 Å². The lowest BCUT2D eigenvalue weighted by Crippen LogP contribution is -2.45. The van der Waals surface area contributed by atoms with Crippen molar-refractivity contribution in [2.75, 3.05) is 26.3 Å². The van der Waals surface area contributed by atoms with Crippen LogP contribution in [0.5, 0.6) is 0 Å². The maximum absolute atomic E-state index is 8.68. The summed E-state index contributed by atoms with van der Waals surface area (Å²) in [5.74, 6) is 0. The van der Waals surface area contributed by atoms with Crippen molar-refractivity contribution >= 4 is 11.3 Å². The van der Waals surface area contributed by atoms with Crippen LogP contribution in [0.25, 0.3) is 0 Å². The van der Waals surface area contributed by atoms with Crippen molar-refractivity contribution in [3.63, 3.8) is 0 Å². The predicted octanol–water partition coefficient (Wildman–Crippen LogP) is 0.957. The van der Waals surface area contributed by atoms with E-state index in [0.717, 1.165) is 38.4 Å². The van der Waals surface area contributed by atoms with Crippen molar-refractivity contribution in [2.24, 2.45) is 0 Å². The number of rotatable bonds is 3. The number of morpholine rings is 1. The molecule has 1 aliphatic rings. The van der Waals surface area contributed by atoms with E-state index in [2.05, 4.69) is 16.5 Å². The van der Waals surface area contributed by atoms with E-state index < -0.39 is 0 Å². The molecule has 1 aliphatic heterocycles. The summed E-state index contributed by atoms with van der Waals surface area (Å²) in [6, 6.07) is 4.06. The lowest BCUT2D eigenvalue weighted by molar-refractivity contribution is 0.0107. The van der Waals surface area contributed by atoms with Crippen LogP contribution < -0.4 is 5.43 Å². The highest BCUT2D eigenvalue weighted by atomic mass is 32.1. The van der Waals surface area contributed by atoms with Crippen molar-refractivity contribution in [3.05, 3.63) is 21.9 Å². The average molecular weight is 223 g/mol. The Morgan fingerprint density at radius 1 is 1.53 bits per heavy atom. The van der Waals surface area contributed by atoms with Gasteiger partial charge >= 0.3 is 0 Å². The van der Waals surface area contributed by atoms with Gasteiger partial charge in [-0.2, -0.15) is 5.26 Å². The van der Waals surface area contributed by atoms with Crippen LogP contribution in [0.1, 0.15) is 10.4 Å². The van der Waals surface area contributed by atoms with Gasteiger partial charge in [-0.15, -0.1) is 11.3 Å². The molecule has 0 unspecified atom stereocenters. The van der Waals surface area contributed by atoms with Gasteiger partial charge in [-0.3, -0.25) is 0 Å².